The van der Waals surface area contributed by atoms with Gasteiger partial charge in [0, 0.05) is 16.6 Å². The van der Waals surface area contributed by atoms with Gasteiger partial charge in [0.15, 0.2) is 0 Å². The third-order valence-corrected chi connectivity index (χ3v) is 3.70. The van der Waals surface area contributed by atoms with Crippen LogP contribution in [0.25, 0.3) is 0 Å². The van der Waals surface area contributed by atoms with Crippen LogP contribution in [0.3, 0.4) is 0 Å². The van der Waals surface area contributed by atoms with Crippen LogP contribution in [-0.4, -0.2) is 12.1 Å². The highest BCUT2D eigenvalue weighted by atomic mass is 35.5. The maximum Gasteiger partial charge on any atom is 0.139 e. The molecular weight excluding hydrogens is 256 g/mol. The van der Waals surface area contributed by atoms with Gasteiger partial charge in [0.1, 0.15) is 5.75 Å². The average Bonchev–Trinajstić information content (AvgIpc) is 2.74. The molecule has 0 amide bonds. The number of methoxy groups -OCH3 is 1. The largest absolute Gasteiger partial charge is 0.495 e. The number of hydrogen-bond acceptors (Lipinski definition) is 4. The third kappa shape index (κ3) is 2.90. The van der Waals surface area contributed by atoms with E-state index in [2.05, 4.69) is 10.3 Å². The molecule has 3 nitrogen and oxygen atoms in total. The molecule has 1 heterocycles. The lowest BCUT2D eigenvalue weighted by Crippen LogP contribution is -1.99. The number of nitrogens with one attached hydrogen (secondary N) is 1. The Bertz CT molecular complexity index is 513. The summed E-state index contributed by atoms with van der Waals surface area (Å²) >= 11 is 7.61. The van der Waals surface area contributed by atoms with Gasteiger partial charge in [-0.05, 0) is 19.1 Å². The van der Waals surface area contributed by atoms with E-state index in [1.54, 1.807) is 18.4 Å². The average molecular weight is 269 g/mol. The van der Waals surface area contributed by atoms with Crippen LogP contribution in [0.2, 0.25) is 5.02 Å². The van der Waals surface area contributed by atoms with E-state index in [0.29, 0.717) is 10.8 Å². The van der Waals surface area contributed by atoms with Crippen LogP contribution >= 0.6 is 22.9 Å². The fraction of sp³-hybridized carbons (Fsp3) is 0.250. The minimum Gasteiger partial charge on any atom is -0.495 e. The lowest BCUT2D eigenvalue weighted by atomic mass is 10.3. The first kappa shape index (κ1) is 12.2. The summed E-state index contributed by atoms with van der Waals surface area (Å²) < 4.78 is 5.16. The molecule has 2 aromatic rings. The smallest absolute Gasteiger partial charge is 0.139 e. The zero-order valence-corrected chi connectivity index (χ0v) is 11.2. The van der Waals surface area contributed by atoms with Gasteiger partial charge in [0.25, 0.3) is 0 Å². The minimum absolute atomic E-state index is 0.618. The van der Waals surface area contributed by atoms with Gasteiger partial charge in [-0.3, -0.25) is 0 Å². The second-order valence-electron chi connectivity index (χ2n) is 3.56. The number of ether oxygens (including phenoxy) is 1. The van der Waals surface area contributed by atoms with Crippen molar-refractivity contribution in [2.75, 3.05) is 12.4 Å². The Morgan fingerprint density at radius 1 is 1.47 bits per heavy atom. The molecule has 0 fully saturated rings. The molecule has 0 aliphatic carbocycles. The number of aryl methyl sites for hydroxylation is 1. The molecule has 0 aliphatic heterocycles. The zero-order valence-electron chi connectivity index (χ0n) is 9.66. The molecule has 2 rings (SSSR count). The van der Waals surface area contributed by atoms with Crippen molar-refractivity contribution in [3.8, 4) is 5.75 Å². The summed E-state index contributed by atoms with van der Waals surface area (Å²) in [6.45, 7) is 2.78. The number of thiazole rings is 1. The first-order valence-corrected chi connectivity index (χ1v) is 6.43. The molecule has 0 atom stereocenters. The highest BCUT2D eigenvalue weighted by Crippen LogP contribution is 2.27. The van der Waals surface area contributed by atoms with Crippen LogP contribution in [0.15, 0.2) is 23.7 Å². The fourth-order valence-corrected chi connectivity index (χ4v) is 2.36. The number of halogens is 1. The van der Waals surface area contributed by atoms with E-state index in [0.717, 1.165) is 17.9 Å². The second-order valence-corrected chi connectivity index (χ2v) is 4.91. The van der Waals surface area contributed by atoms with Gasteiger partial charge in [0.05, 0.1) is 29.9 Å². The van der Waals surface area contributed by atoms with Gasteiger partial charge in [-0.25, -0.2) is 4.98 Å². The normalized spacial score (nSPS) is 10.3. The Morgan fingerprint density at radius 3 is 2.94 bits per heavy atom. The molecule has 1 N–H and O–H groups in total. The van der Waals surface area contributed by atoms with Crippen LogP contribution in [0.5, 0.6) is 5.75 Å². The molecule has 17 heavy (non-hydrogen) atoms. The molecule has 0 bridgehead atoms. The maximum absolute atomic E-state index is 5.96. The van der Waals surface area contributed by atoms with Gasteiger partial charge in [-0.2, -0.15) is 0 Å². The Morgan fingerprint density at radius 2 is 2.29 bits per heavy atom. The van der Waals surface area contributed by atoms with Crippen molar-refractivity contribution in [3.63, 3.8) is 0 Å². The SMILES string of the molecule is COc1cc(NCc2scnc2C)ccc1Cl. The second kappa shape index (κ2) is 5.38. The van der Waals surface area contributed by atoms with Crippen LogP contribution in [0.4, 0.5) is 5.69 Å². The molecule has 0 saturated heterocycles. The standard InChI is InChI=1S/C12H13ClN2OS/c1-8-12(17-7-15-8)6-14-9-3-4-10(13)11(5-9)16-2/h3-5,7,14H,6H2,1-2H3. The summed E-state index contributed by atoms with van der Waals surface area (Å²) in [5.74, 6) is 0.678. The fourth-order valence-electron chi connectivity index (χ4n) is 1.45. The Kier molecular flexibility index (Phi) is 3.86. The Hall–Kier alpha value is -1.26. The van der Waals surface area contributed by atoms with E-state index >= 15 is 0 Å². The molecule has 1 aromatic heterocycles. The number of anilines is 1. The predicted octanol–water partition coefficient (Wildman–Crippen LogP) is 3.73. The number of rotatable bonds is 4. The van der Waals surface area contributed by atoms with Gasteiger partial charge >= 0.3 is 0 Å². The first-order valence-electron chi connectivity index (χ1n) is 5.17. The van der Waals surface area contributed by atoms with E-state index in [4.69, 9.17) is 16.3 Å². The summed E-state index contributed by atoms with van der Waals surface area (Å²) in [7, 11) is 1.61. The molecular formula is C12H13ClN2OS. The number of benzene rings is 1. The van der Waals surface area contributed by atoms with E-state index in [1.165, 1.54) is 4.88 Å². The van der Waals surface area contributed by atoms with Crippen molar-refractivity contribution in [2.24, 2.45) is 0 Å². The van der Waals surface area contributed by atoms with Crippen LogP contribution in [-0.2, 0) is 6.54 Å². The predicted molar refractivity (Wildman–Crippen MR) is 72.2 cm³/mol. The summed E-state index contributed by atoms with van der Waals surface area (Å²) in [5, 5.41) is 3.94. The molecule has 0 spiro atoms. The van der Waals surface area contributed by atoms with Crippen LogP contribution < -0.4 is 10.1 Å². The lowest BCUT2D eigenvalue weighted by Gasteiger charge is -2.08. The van der Waals surface area contributed by atoms with E-state index in [-0.39, 0.29) is 0 Å². The van der Waals surface area contributed by atoms with E-state index in [9.17, 15) is 0 Å². The molecule has 0 radical (unpaired) electrons. The summed E-state index contributed by atoms with van der Waals surface area (Å²) in [6, 6.07) is 5.64. The topological polar surface area (TPSA) is 34.1 Å². The highest BCUT2D eigenvalue weighted by molar-refractivity contribution is 7.09. The van der Waals surface area contributed by atoms with Gasteiger partial charge < -0.3 is 10.1 Å². The van der Waals surface area contributed by atoms with Crippen molar-refractivity contribution >= 4 is 28.6 Å². The summed E-state index contributed by atoms with van der Waals surface area (Å²) in [5.41, 5.74) is 3.91. The molecule has 5 heteroatoms. The summed E-state index contributed by atoms with van der Waals surface area (Å²) in [4.78, 5) is 5.44. The zero-order chi connectivity index (χ0) is 12.3. The Balaban J connectivity index is 2.07. The van der Waals surface area contributed by atoms with Crippen molar-refractivity contribution in [1.29, 1.82) is 0 Å². The summed E-state index contributed by atoms with van der Waals surface area (Å²) in [6.07, 6.45) is 0. The van der Waals surface area contributed by atoms with Gasteiger partial charge in [-0.1, -0.05) is 11.6 Å². The number of aromatic nitrogens is 1. The maximum atomic E-state index is 5.96. The molecule has 0 saturated carbocycles. The quantitative estimate of drug-likeness (QED) is 0.918. The number of hydrogen-bond donors (Lipinski definition) is 1. The van der Waals surface area contributed by atoms with Gasteiger partial charge in [-0.15, -0.1) is 11.3 Å². The molecule has 0 aliphatic rings. The van der Waals surface area contributed by atoms with E-state index < -0.39 is 0 Å². The van der Waals surface area contributed by atoms with Crippen molar-refractivity contribution in [3.05, 3.63) is 39.3 Å². The minimum atomic E-state index is 0.618. The molecule has 90 valence electrons. The highest BCUT2D eigenvalue weighted by Gasteiger charge is 2.04. The molecule has 0 unspecified atom stereocenters. The first-order chi connectivity index (χ1) is 8.20. The van der Waals surface area contributed by atoms with Crippen molar-refractivity contribution in [1.82, 2.24) is 4.98 Å². The van der Waals surface area contributed by atoms with Crippen molar-refractivity contribution in [2.45, 2.75) is 13.5 Å². The van der Waals surface area contributed by atoms with Gasteiger partial charge in [0.2, 0.25) is 0 Å². The van der Waals surface area contributed by atoms with E-state index in [1.807, 2.05) is 30.6 Å². The van der Waals surface area contributed by atoms with Crippen LogP contribution in [0, 0.1) is 6.92 Å². The molecule has 1 aromatic carbocycles. The monoisotopic (exact) mass is 268 g/mol. The Labute approximate surface area is 109 Å². The van der Waals surface area contributed by atoms with Crippen LogP contribution in [0.1, 0.15) is 10.6 Å². The third-order valence-electron chi connectivity index (χ3n) is 2.45. The van der Waals surface area contributed by atoms with Crippen molar-refractivity contribution < 1.29 is 4.74 Å². The lowest BCUT2D eigenvalue weighted by molar-refractivity contribution is 0.415. The number of nitrogens with zero attached hydrogens (tertiary/aromatic N) is 1.